The molecule has 1 aliphatic rings. The molecule has 3 rings (SSSR count). The summed E-state index contributed by atoms with van der Waals surface area (Å²) in [7, 11) is 0. The van der Waals surface area contributed by atoms with Crippen molar-refractivity contribution >= 4 is 23.2 Å². The van der Waals surface area contributed by atoms with Crippen LogP contribution in [0.4, 0.5) is 18.9 Å². The van der Waals surface area contributed by atoms with Crippen LogP contribution in [0, 0.1) is 0 Å². The maximum atomic E-state index is 12.7. The van der Waals surface area contributed by atoms with Crippen LogP contribution in [0.1, 0.15) is 27.9 Å². The number of nitrogens with zero attached hydrogens (tertiary/aromatic N) is 1. The summed E-state index contributed by atoms with van der Waals surface area (Å²) in [5.41, 5.74) is 0.970. The predicted octanol–water partition coefficient (Wildman–Crippen LogP) is 4.16. The molecule has 0 fully saturated rings. The van der Waals surface area contributed by atoms with Crippen LogP contribution in [0.15, 0.2) is 55.1 Å². The minimum Gasteiger partial charge on any atom is -0.326 e. The third-order valence-corrected chi connectivity index (χ3v) is 4.08. The number of alkyl halides is 3. The van der Waals surface area contributed by atoms with Gasteiger partial charge in [0.2, 0.25) is 5.91 Å². The molecule has 1 aliphatic heterocycles. The number of hydrogen-bond acceptors (Lipinski definition) is 2. The van der Waals surface area contributed by atoms with Crippen molar-refractivity contribution < 1.29 is 22.8 Å². The molecule has 1 heterocycles. The lowest BCUT2D eigenvalue weighted by molar-refractivity contribution is -0.137. The molecule has 26 heavy (non-hydrogen) atoms. The van der Waals surface area contributed by atoms with Crippen molar-refractivity contribution in [2.24, 2.45) is 0 Å². The van der Waals surface area contributed by atoms with Crippen LogP contribution in [0.3, 0.4) is 0 Å². The van der Waals surface area contributed by atoms with E-state index in [1.165, 1.54) is 17.0 Å². The Labute approximate surface area is 147 Å². The Hall–Kier alpha value is -3.09. The number of carbonyl (C=O) groups excluding carboxylic acids is 2. The maximum absolute atomic E-state index is 12.7. The zero-order valence-corrected chi connectivity index (χ0v) is 13.6. The average Bonchev–Trinajstić information content (AvgIpc) is 2.84. The number of anilines is 1. The highest BCUT2D eigenvalue weighted by Gasteiger charge is 2.31. The minimum atomic E-state index is -4.48. The summed E-state index contributed by atoms with van der Waals surface area (Å²) in [4.78, 5) is 25.8. The Morgan fingerprint density at radius 2 is 1.77 bits per heavy atom. The molecule has 0 saturated heterocycles. The average molecular weight is 360 g/mol. The van der Waals surface area contributed by atoms with E-state index in [4.69, 9.17) is 0 Å². The van der Waals surface area contributed by atoms with Crippen LogP contribution in [0.2, 0.25) is 0 Å². The van der Waals surface area contributed by atoms with E-state index in [0.717, 1.165) is 17.7 Å². The third-order valence-electron chi connectivity index (χ3n) is 4.08. The van der Waals surface area contributed by atoms with E-state index in [1.54, 1.807) is 24.3 Å². The van der Waals surface area contributed by atoms with Crippen molar-refractivity contribution in [3.63, 3.8) is 0 Å². The lowest BCUT2D eigenvalue weighted by Crippen LogP contribution is -2.27. The van der Waals surface area contributed by atoms with Gasteiger partial charge in [-0.15, -0.1) is 0 Å². The SMILES string of the molecule is C=C1c2ccccc2C(=O)N1CCC(=O)Nc1cccc(C(F)(F)F)c1. The fourth-order valence-corrected chi connectivity index (χ4v) is 2.78. The van der Waals surface area contributed by atoms with E-state index < -0.39 is 17.6 Å². The first kappa shape index (κ1) is 17.7. The first-order chi connectivity index (χ1) is 12.3. The molecule has 134 valence electrons. The van der Waals surface area contributed by atoms with Crippen LogP contribution >= 0.6 is 0 Å². The van der Waals surface area contributed by atoms with Crippen LogP contribution in [-0.2, 0) is 11.0 Å². The van der Waals surface area contributed by atoms with Gasteiger partial charge in [-0.25, -0.2) is 0 Å². The van der Waals surface area contributed by atoms with Crippen LogP contribution in [0.5, 0.6) is 0 Å². The van der Waals surface area contributed by atoms with Gasteiger partial charge in [-0.1, -0.05) is 30.8 Å². The molecule has 0 spiro atoms. The summed E-state index contributed by atoms with van der Waals surface area (Å²) in [6.45, 7) is 3.97. The summed E-state index contributed by atoms with van der Waals surface area (Å²) in [6, 6.07) is 11.4. The third kappa shape index (κ3) is 3.46. The number of fused-ring (bicyclic) bond motifs is 1. The Morgan fingerprint density at radius 1 is 1.08 bits per heavy atom. The molecule has 2 amide bonds. The maximum Gasteiger partial charge on any atom is 0.416 e. The first-order valence-electron chi connectivity index (χ1n) is 7.84. The molecule has 1 N–H and O–H groups in total. The van der Waals surface area contributed by atoms with Gasteiger partial charge >= 0.3 is 6.18 Å². The number of carbonyl (C=O) groups is 2. The van der Waals surface area contributed by atoms with E-state index in [0.29, 0.717) is 11.3 Å². The van der Waals surface area contributed by atoms with E-state index >= 15 is 0 Å². The summed E-state index contributed by atoms with van der Waals surface area (Å²) in [5.74, 6) is -0.724. The second kappa shape index (κ2) is 6.67. The normalized spacial score (nSPS) is 13.7. The van der Waals surface area contributed by atoms with Gasteiger partial charge in [-0.2, -0.15) is 13.2 Å². The molecule has 0 aromatic heterocycles. The first-order valence-corrected chi connectivity index (χ1v) is 7.84. The van der Waals surface area contributed by atoms with E-state index in [2.05, 4.69) is 11.9 Å². The van der Waals surface area contributed by atoms with Gasteiger partial charge in [0.1, 0.15) is 0 Å². The zero-order valence-electron chi connectivity index (χ0n) is 13.6. The quantitative estimate of drug-likeness (QED) is 0.890. The molecule has 2 aromatic carbocycles. The molecule has 0 bridgehead atoms. The predicted molar refractivity (Wildman–Crippen MR) is 91.2 cm³/mol. The lowest BCUT2D eigenvalue weighted by Gasteiger charge is -2.17. The molecular formula is C19H15F3N2O2. The highest BCUT2D eigenvalue weighted by atomic mass is 19.4. The molecule has 0 saturated carbocycles. The Morgan fingerprint density at radius 3 is 2.42 bits per heavy atom. The zero-order chi connectivity index (χ0) is 18.9. The number of hydrogen-bond donors (Lipinski definition) is 1. The molecular weight excluding hydrogens is 345 g/mol. The summed E-state index contributed by atoms with van der Waals surface area (Å²) in [6.07, 6.45) is -4.54. The van der Waals surface area contributed by atoms with Crippen LogP contribution in [0.25, 0.3) is 5.70 Å². The van der Waals surface area contributed by atoms with Crippen molar-refractivity contribution in [3.05, 3.63) is 71.8 Å². The van der Waals surface area contributed by atoms with Crippen molar-refractivity contribution in [2.75, 3.05) is 11.9 Å². The van der Waals surface area contributed by atoms with Gasteiger partial charge in [0.05, 0.1) is 5.56 Å². The van der Waals surface area contributed by atoms with E-state index in [1.807, 2.05) is 0 Å². The van der Waals surface area contributed by atoms with Gasteiger partial charge in [0.15, 0.2) is 0 Å². The van der Waals surface area contributed by atoms with E-state index in [-0.39, 0.29) is 24.6 Å². The minimum absolute atomic E-state index is 0.0553. The van der Waals surface area contributed by atoms with Gasteiger partial charge in [-0.3, -0.25) is 9.59 Å². The molecule has 4 nitrogen and oxygen atoms in total. The second-order valence-electron chi connectivity index (χ2n) is 5.83. The monoisotopic (exact) mass is 360 g/mol. The Kier molecular flexibility index (Phi) is 4.54. The number of amides is 2. The number of rotatable bonds is 4. The Bertz CT molecular complexity index is 855. The lowest BCUT2D eigenvalue weighted by atomic mass is 10.1. The van der Waals surface area contributed by atoms with Crippen molar-refractivity contribution in [1.82, 2.24) is 4.90 Å². The fraction of sp³-hybridized carbons (Fsp3) is 0.158. The van der Waals surface area contributed by atoms with Crippen LogP contribution < -0.4 is 5.32 Å². The van der Waals surface area contributed by atoms with Gasteiger partial charge in [0.25, 0.3) is 5.91 Å². The topological polar surface area (TPSA) is 49.4 Å². The molecule has 2 aromatic rings. The van der Waals surface area contributed by atoms with Crippen molar-refractivity contribution in [1.29, 1.82) is 0 Å². The van der Waals surface area contributed by atoms with E-state index in [9.17, 15) is 22.8 Å². The summed E-state index contributed by atoms with van der Waals surface area (Å²) < 4.78 is 38.1. The number of halogens is 3. The van der Waals surface area contributed by atoms with Gasteiger partial charge in [-0.05, 0) is 24.3 Å². The molecule has 7 heteroatoms. The smallest absolute Gasteiger partial charge is 0.326 e. The highest BCUT2D eigenvalue weighted by Crippen LogP contribution is 2.32. The molecule has 0 atom stereocenters. The standard InChI is InChI=1S/C19H15F3N2O2/c1-12-15-7-2-3-8-16(15)18(26)24(12)10-9-17(25)23-14-6-4-5-13(11-14)19(20,21)22/h2-8,11H,1,9-10H2,(H,23,25). The summed E-state index contributed by atoms with van der Waals surface area (Å²) >= 11 is 0. The van der Waals surface area contributed by atoms with Gasteiger partial charge in [0, 0.05) is 35.5 Å². The second-order valence-corrected chi connectivity index (χ2v) is 5.83. The fourth-order valence-electron chi connectivity index (χ4n) is 2.78. The van der Waals surface area contributed by atoms with Gasteiger partial charge < -0.3 is 10.2 Å². The molecule has 0 unspecified atom stereocenters. The number of nitrogens with one attached hydrogen (secondary N) is 1. The van der Waals surface area contributed by atoms with Crippen molar-refractivity contribution in [3.8, 4) is 0 Å². The Balaban J connectivity index is 1.62. The molecule has 0 aliphatic carbocycles. The van der Waals surface area contributed by atoms with Crippen molar-refractivity contribution in [2.45, 2.75) is 12.6 Å². The summed E-state index contributed by atoms with van der Waals surface area (Å²) in [5, 5.41) is 2.42. The number of benzene rings is 2. The molecule has 0 radical (unpaired) electrons. The van der Waals surface area contributed by atoms with Crippen LogP contribution in [-0.4, -0.2) is 23.3 Å². The highest BCUT2D eigenvalue weighted by molar-refractivity contribution is 6.09. The largest absolute Gasteiger partial charge is 0.416 e.